The van der Waals surface area contributed by atoms with Crippen molar-refractivity contribution in [3.8, 4) is 10.6 Å². The molecule has 1 amide bonds. The van der Waals surface area contributed by atoms with Crippen LogP contribution in [-0.4, -0.2) is 35.4 Å². The first-order valence-electron chi connectivity index (χ1n) is 6.32. The molecule has 0 aliphatic carbocycles. The Kier molecular flexibility index (Phi) is 5.22. The second kappa shape index (κ2) is 6.75. The molecule has 0 bridgehead atoms. The van der Waals surface area contributed by atoms with Gasteiger partial charge in [-0.15, -0.1) is 11.3 Å². The minimum atomic E-state index is -0.143. The number of halogens is 2. The second-order valence-corrected chi connectivity index (χ2v) is 6.34. The van der Waals surface area contributed by atoms with Gasteiger partial charge in [-0.2, -0.15) is 0 Å². The first-order valence-corrected chi connectivity index (χ1v) is 7.95. The normalized spacial score (nSPS) is 12.2. The predicted octanol–water partition coefficient (Wildman–Crippen LogP) is 3.54. The molecule has 1 atom stereocenters. The molecule has 1 heterocycles. The van der Waals surface area contributed by atoms with E-state index in [4.69, 9.17) is 28.9 Å². The Hall–Kier alpha value is -1.14. The Morgan fingerprint density at radius 1 is 1.43 bits per heavy atom. The molecule has 0 spiro atoms. The molecule has 2 aromatic rings. The zero-order valence-corrected chi connectivity index (χ0v) is 14.0. The maximum absolute atomic E-state index is 12.3. The molecule has 4 nitrogen and oxygen atoms in total. The number of hydrogen-bond donors (Lipinski definition) is 1. The van der Waals surface area contributed by atoms with Gasteiger partial charge in [-0.25, -0.2) is 4.98 Å². The quantitative estimate of drug-likeness (QED) is 0.923. The van der Waals surface area contributed by atoms with Gasteiger partial charge in [0.1, 0.15) is 10.7 Å². The molecule has 0 aliphatic rings. The maximum Gasteiger partial charge on any atom is 0.273 e. The first kappa shape index (κ1) is 16.2. The third-order valence-electron chi connectivity index (χ3n) is 3.21. The van der Waals surface area contributed by atoms with Crippen molar-refractivity contribution in [2.45, 2.75) is 13.0 Å². The summed E-state index contributed by atoms with van der Waals surface area (Å²) in [5.74, 6) is -0.143. The molecule has 0 saturated carbocycles. The van der Waals surface area contributed by atoms with E-state index in [9.17, 15) is 4.79 Å². The molecule has 1 aromatic heterocycles. The van der Waals surface area contributed by atoms with Crippen molar-refractivity contribution in [1.29, 1.82) is 0 Å². The number of rotatable bonds is 4. The standard InChI is InChI=1S/C14H15Cl2N3OS/c1-8(6-17)19(2)14(20)12-7-21-13(18-12)9-3-4-10(15)11(16)5-9/h3-5,7-8H,6,17H2,1-2H3. The number of benzene rings is 1. The van der Waals surface area contributed by atoms with Crippen LogP contribution < -0.4 is 5.73 Å². The molecule has 0 radical (unpaired) electrons. The third kappa shape index (κ3) is 3.55. The number of thiazole rings is 1. The summed E-state index contributed by atoms with van der Waals surface area (Å²) in [6, 6.07) is 5.24. The minimum absolute atomic E-state index is 0.0346. The minimum Gasteiger partial charge on any atom is -0.336 e. The lowest BCUT2D eigenvalue weighted by Gasteiger charge is -2.22. The Labute approximate surface area is 137 Å². The van der Waals surface area contributed by atoms with E-state index in [2.05, 4.69) is 4.98 Å². The summed E-state index contributed by atoms with van der Waals surface area (Å²) in [5, 5.41) is 3.42. The average Bonchev–Trinajstić information content (AvgIpc) is 2.97. The number of carbonyl (C=O) groups is 1. The largest absolute Gasteiger partial charge is 0.336 e. The van der Waals surface area contributed by atoms with Crippen LogP contribution in [0.15, 0.2) is 23.6 Å². The van der Waals surface area contributed by atoms with E-state index >= 15 is 0 Å². The first-order chi connectivity index (χ1) is 9.93. The van der Waals surface area contributed by atoms with E-state index in [-0.39, 0.29) is 11.9 Å². The Balaban J connectivity index is 2.25. The van der Waals surface area contributed by atoms with Gasteiger partial charge in [0.15, 0.2) is 0 Å². The topological polar surface area (TPSA) is 59.2 Å². The van der Waals surface area contributed by atoms with Crippen LogP contribution in [0.25, 0.3) is 10.6 Å². The molecule has 0 aliphatic heterocycles. The summed E-state index contributed by atoms with van der Waals surface area (Å²) < 4.78 is 0. The van der Waals surface area contributed by atoms with E-state index in [1.54, 1.807) is 29.5 Å². The van der Waals surface area contributed by atoms with Crippen LogP contribution in [-0.2, 0) is 0 Å². The van der Waals surface area contributed by atoms with Crippen LogP contribution in [0.3, 0.4) is 0 Å². The molecule has 21 heavy (non-hydrogen) atoms. The lowest BCUT2D eigenvalue weighted by molar-refractivity contribution is 0.0743. The Bertz CT molecular complexity index is 659. The molecular weight excluding hydrogens is 329 g/mol. The molecule has 2 N–H and O–H groups in total. The van der Waals surface area contributed by atoms with Gasteiger partial charge in [-0.1, -0.05) is 29.3 Å². The van der Waals surface area contributed by atoms with Gasteiger partial charge >= 0.3 is 0 Å². The van der Waals surface area contributed by atoms with Gasteiger partial charge in [-0.05, 0) is 19.1 Å². The fraction of sp³-hybridized carbons (Fsp3) is 0.286. The number of carbonyl (C=O) groups excluding carboxylic acids is 1. The Morgan fingerprint density at radius 2 is 2.14 bits per heavy atom. The zero-order chi connectivity index (χ0) is 15.6. The van der Waals surface area contributed by atoms with Crippen LogP contribution in [0.1, 0.15) is 17.4 Å². The molecule has 0 saturated heterocycles. The van der Waals surface area contributed by atoms with Gasteiger partial charge in [0, 0.05) is 30.6 Å². The average molecular weight is 344 g/mol. The molecule has 2 rings (SSSR count). The van der Waals surface area contributed by atoms with E-state index in [1.165, 1.54) is 11.3 Å². The van der Waals surface area contributed by atoms with E-state index in [1.807, 2.05) is 13.0 Å². The van der Waals surface area contributed by atoms with E-state index in [0.29, 0.717) is 22.3 Å². The van der Waals surface area contributed by atoms with Crippen molar-refractivity contribution in [3.63, 3.8) is 0 Å². The summed E-state index contributed by atoms with van der Waals surface area (Å²) in [6.07, 6.45) is 0. The number of aromatic nitrogens is 1. The smallest absolute Gasteiger partial charge is 0.273 e. The summed E-state index contributed by atoms with van der Waals surface area (Å²) >= 11 is 13.3. The third-order valence-corrected chi connectivity index (χ3v) is 4.84. The molecule has 1 aromatic carbocycles. The molecule has 1 unspecified atom stereocenters. The van der Waals surface area contributed by atoms with E-state index < -0.39 is 0 Å². The van der Waals surface area contributed by atoms with Gasteiger partial charge in [-0.3, -0.25) is 4.79 Å². The van der Waals surface area contributed by atoms with Crippen molar-refractivity contribution >= 4 is 40.4 Å². The van der Waals surface area contributed by atoms with Gasteiger partial charge in [0.2, 0.25) is 0 Å². The number of nitrogens with two attached hydrogens (primary N) is 1. The summed E-state index contributed by atoms with van der Waals surface area (Å²) in [4.78, 5) is 18.2. The van der Waals surface area contributed by atoms with Gasteiger partial charge < -0.3 is 10.6 Å². The maximum atomic E-state index is 12.3. The zero-order valence-electron chi connectivity index (χ0n) is 11.6. The van der Waals surface area contributed by atoms with E-state index in [0.717, 1.165) is 10.6 Å². The van der Waals surface area contributed by atoms with Gasteiger partial charge in [0.25, 0.3) is 5.91 Å². The summed E-state index contributed by atoms with van der Waals surface area (Å²) in [6.45, 7) is 2.30. The van der Waals surface area contributed by atoms with Crippen molar-refractivity contribution in [2.75, 3.05) is 13.6 Å². The second-order valence-electron chi connectivity index (χ2n) is 4.67. The Morgan fingerprint density at radius 3 is 2.76 bits per heavy atom. The van der Waals surface area contributed by atoms with Gasteiger partial charge in [0.05, 0.1) is 10.0 Å². The fourth-order valence-corrected chi connectivity index (χ4v) is 2.76. The predicted molar refractivity (Wildman–Crippen MR) is 88.2 cm³/mol. The molecule has 0 fully saturated rings. The van der Waals surface area contributed by atoms with Crippen LogP contribution in [0.4, 0.5) is 0 Å². The number of hydrogen-bond acceptors (Lipinski definition) is 4. The highest BCUT2D eigenvalue weighted by molar-refractivity contribution is 7.13. The van der Waals surface area contributed by atoms with Crippen LogP contribution in [0, 0.1) is 0 Å². The molecular formula is C14H15Cl2N3OS. The highest BCUT2D eigenvalue weighted by Crippen LogP contribution is 2.30. The molecule has 7 heteroatoms. The van der Waals surface area contributed by atoms with Crippen molar-refractivity contribution < 1.29 is 4.79 Å². The van der Waals surface area contributed by atoms with Crippen LogP contribution in [0.5, 0.6) is 0 Å². The lowest BCUT2D eigenvalue weighted by atomic mass is 10.2. The monoisotopic (exact) mass is 343 g/mol. The number of nitrogens with zero attached hydrogens (tertiary/aromatic N) is 2. The van der Waals surface area contributed by atoms with Crippen molar-refractivity contribution in [3.05, 3.63) is 39.3 Å². The lowest BCUT2D eigenvalue weighted by Crippen LogP contribution is -2.39. The van der Waals surface area contributed by atoms with Crippen LogP contribution >= 0.6 is 34.5 Å². The molecule has 112 valence electrons. The SMILES string of the molecule is CC(CN)N(C)C(=O)c1csc(-c2ccc(Cl)c(Cl)c2)n1. The van der Waals surface area contributed by atoms with Crippen LogP contribution in [0.2, 0.25) is 10.0 Å². The van der Waals surface area contributed by atoms with Crippen molar-refractivity contribution in [2.24, 2.45) is 5.73 Å². The number of amides is 1. The number of likely N-dealkylation sites (N-methyl/N-ethyl adjacent to an activating group) is 1. The highest BCUT2D eigenvalue weighted by atomic mass is 35.5. The fourth-order valence-electron chi connectivity index (χ4n) is 1.67. The summed E-state index contributed by atoms with van der Waals surface area (Å²) in [7, 11) is 1.72. The summed E-state index contributed by atoms with van der Waals surface area (Å²) in [5.41, 5.74) is 6.82. The van der Waals surface area contributed by atoms with Crippen molar-refractivity contribution in [1.82, 2.24) is 9.88 Å². The highest BCUT2D eigenvalue weighted by Gasteiger charge is 2.19.